The van der Waals surface area contributed by atoms with Crippen molar-refractivity contribution < 1.29 is 14.3 Å². The van der Waals surface area contributed by atoms with E-state index in [-0.39, 0.29) is 11.5 Å². The molecule has 1 fully saturated rings. The molecule has 2 rings (SSSR count). The molecule has 0 unspecified atom stereocenters. The molecule has 0 aromatic heterocycles. The monoisotopic (exact) mass is 249 g/mol. The van der Waals surface area contributed by atoms with Crippen LogP contribution >= 0.6 is 0 Å². The Labute approximate surface area is 107 Å². The fraction of sp³-hybridized carbons (Fsp3) is 0.500. The summed E-state index contributed by atoms with van der Waals surface area (Å²) in [5.74, 6) is -0.209. The fourth-order valence-electron chi connectivity index (χ4n) is 2.32. The molecule has 18 heavy (non-hydrogen) atoms. The lowest BCUT2D eigenvalue weighted by atomic mass is 9.90. The van der Waals surface area contributed by atoms with Crippen LogP contribution in [0.25, 0.3) is 0 Å². The van der Waals surface area contributed by atoms with Gasteiger partial charge >= 0.3 is 5.97 Å². The Morgan fingerprint density at radius 2 is 2.17 bits per heavy atom. The average Bonchev–Trinajstić information content (AvgIpc) is 2.42. The van der Waals surface area contributed by atoms with Gasteiger partial charge < -0.3 is 9.47 Å². The van der Waals surface area contributed by atoms with E-state index >= 15 is 0 Å². The minimum absolute atomic E-state index is 0.209. The van der Waals surface area contributed by atoms with Gasteiger partial charge in [0.15, 0.2) is 0 Å². The van der Waals surface area contributed by atoms with E-state index < -0.39 is 0 Å². The molecule has 0 spiro atoms. The molecule has 0 N–H and O–H groups in total. The van der Waals surface area contributed by atoms with Gasteiger partial charge in [0.1, 0.15) is 0 Å². The van der Waals surface area contributed by atoms with Gasteiger partial charge in [-0.15, -0.1) is 0 Å². The minimum atomic E-state index is -0.270. The normalized spacial score (nSPS) is 24.8. The van der Waals surface area contributed by atoms with Gasteiger partial charge in [-0.3, -0.25) is 9.69 Å². The summed E-state index contributed by atoms with van der Waals surface area (Å²) in [7, 11) is 1.42. The van der Waals surface area contributed by atoms with E-state index in [2.05, 4.69) is 24.0 Å². The molecular formula is C14H19NO3. The van der Waals surface area contributed by atoms with E-state index in [1.54, 1.807) is 0 Å². The smallest absolute Gasteiger partial charge is 0.319 e. The van der Waals surface area contributed by atoms with Crippen LogP contribution in [0.5, 0.6) is 0 Å². The molecule has 1 heterocycles. The van der Waals surface area contributed by atoms with Crippen molar-refractivity contribution in [2.24, 2.45) is 0 Å². The van der Waals surface area contributed by atoms with Crippen molar-refractivity contribution in [3.63, 3.8) is 0 Å². The zero-order valence-electron chi connectivity index (χ0n) is 10.9. The van der Waals surface area contributed by atoms with Gasteiger partial charge in [-0.05, 0) is 12.5 Å². The third-order valence-electron chi connectivity index (χ3n) is 3.53. The first-order valence-electron chi connectivity index (χ1n) is 6.12. The fourth-order valence-corrected chi connectivity index (χ4v) is 2.32. The van der Waals surface area contributed by atoms with Gasteiger partial charge in [-0.2, -0.15) is 0 Å². The summed E-state index contributed by atoms with van der Waals surface area (Å²) in [5, 5.41) is 0. The average molecular weight is 249 g/mol. The number of methoxy groups -OCH3 is 1. The highest BCUT2D eigenvalue weighted by Crippen LogP contribution is 2.30. The van der Waals surface area contributed by atoms with Crippen LogP contribution in [0, 0.1) is 0 Å². The van der Waals surface area contributed by atoms with E-state index in [1.165, 1.54) is 7.11 Å². The molecule has 1 saturated heterocycles. The van der Waals surface area contributed by atoms with Crippen LogP contribution in [-0.4, -0.2) is 44.3 Å². The molecule has 0 saturated carbocycles. The summed E-state index contributed by atoms with van der Waals surface area (Å²) < 4.78 is 10.4. The van der Waals surface area contributed by atoms with E-state index in [9.17, 15) is 4.79 Å². The van der Waals surface area contributed by atoms with Crippen LogP contribution in [0.4, 0.5) is 0 Å². The number of carbonyl (C=O) groups is 1. The number of carbonyl (C=O) groups excluding carboxylic acids is 1. The molecule has 1 atom stereocenters. The molecule has 1 aromatic carbocycles. The maximum atomic E-state index is 11.5. The summed E-state index contributed by atoms with van der Waals surface area (Å²) >= 11 is 0. The third-order valence-corrected chi connectivity index (χ3v) is 3.53. The van der Waals surface area contributed by atoms with Crippen molar-refractivity contribution >= 4 is 5.97 Å². The predicted molar refractivity (Wildman–Crippen MR) is 68.2 cm³/mol. The van der Waals surface area contributed by atoms with Crippen molar-refractivity contribution in [3.05, 3.63) is 35.9 Å². The molecule has 0 radical (unpaired) electrons. The summed E-state index contributed by atoms with van der Waals surface area (Å²) in [6.45, 7) is 4.38. The lowest BCUT2D eigenvalue weighted by Crippen LogP contribution is -2.54. The summed E-state index contributed by atoms with van der Waals surface area (Å²) in [6, 6.07) is 10.1. The van der Waals surface area contributed by atoms with Gasteiger partial charge in [0.05, 0.1) is 32.4 Å². The lowest BCUT2D eigenvalue weighted by molar-refractivity contribution is -0.147. The first-order chi connectivity index (χ1) is 8.66. The van der Waals surface area contributed by atoms with Crippen LogP contribution in [0.3, 0.4) is 0 Å². The van der Waals surface area contributed by atoms with Crippen molar-refractivity contribution in [1.82, 2.24) is 4.90 Å². The molecule has 0 bridgehead atoms. The second kappa shape index (κ2) is 5.50. The van der Waals surface area contributed by atoms with Gasteiger partial charge in [-0.25, -0.2) is 0 Å². The highest BCUT2D eigenvalue weighted by atomic mass is 16.5. The molecule has 1 aromatic rings. The van der Waals surface area contributed by atoms with Crippen LogP contribution < -0.4 is 0 Å². The Balaban J connectivity index is 2.23. The Bertz CT molecular complexity index is 407. The summed E-state index contributed by atoms with van der Waals surface area (Å²) in [4.78, 5) is 13.6. The molecule has 4 heteroatoms. The van der Waals surface area contributed by atoms with Crippen molar-refractivity contribution in [1.29, 1.82) is 0 Å². The lowest BCUT2D eigenvalue weighted by Gasteiger charge is -2.44. The van der Waals surface area contributed by atoms with E-state index in [0.717, 1.165) is 12.1 Å². The van der Waals surface area contributed by atoms with E-state index in [4.69, 9.17) is 9.47 Å². The van der Waals surface area contributed by atoms with E-state index in [1.807, 2.05) is 18.2 Å². The SMILES string of the molecule is COC(=O)CN1CCOC[C@]1(C)c1ccccc1. The number of morpholine rings is 1. The first-order valence-corrected chi connectivity index (χ1v) is 6.12. The highest BCUT2D eigenvalue weighted by Gasteiger charge is 2.37. The highest BCUT2D eigenvalue weighted by molar-refractivity contribution is 5.71. The van der Waals surface area contributed by atoms with Crippen molar-refractivity contribution in [2.75, 3.05) is 33.4 Å². The zero-order chi connectivity index (χ0) is 13.0. The second-order valence-electron chi connectivity index (χ2n) is 4.69. The Hall–Kier alpha value is -1.39. The van der Waals surface area contributed by atoms with Crippen LogP contribution in [-0.2, 0) is 19.8 Å². The number of hydrogen-bond acceptors (Lipinski definition) is 4. The van der Waals surface area contributed by atoms with Crippen LogP contribution in [0.15, 0.2) is 30.3 Å². The second-order valence-corrected chi connectivity index (χ2v) is 4.69. The zero-order valence-corrected chi connectivity index (χ0v) is 10.9. The maximum absolute atomic E-state index is 11.5. The minimum Gasteiger partial charge on any atom is -0.468 e. The number of nitrogens with zero attached hydrogens (tertiary/aromatic N) is 1. The van der Waals surface area contributed by atoms with Crippen molar-refractivity contribution in [2.45, 2.75) is 12.5 Å². The molecule has 4 nitrogen and oxygen atoms in total. The molecule has 0 amide bonds. The molecule has 1 aliphatic heterocycles. The summed E-state index contributed by atoms with van der Waals surface area (Å²) in [5.41, 5.74) is 0.891. The Morgan fingerprint density at radius 3 is 2.83 bits per heavy atom. The largest absolute Gasteiger partial charge is 0.468 e. The first kappa shape index (κ1) is 13.1. The number of hydrogen-bond donors (Lipinski definition) is 0. The molecular weight excluding hydrogens is 230 g/mol. The Morgan fingerprint density at radius 1 is 1.44 bits per heavy atom. The molecule has 98 valence electrons. The third kappa shape index (κ3) is 2.54. The Kier molecular flexibility index (Phi) is 3.99. The quantitative estimate of drug-likeness (QED) is 0.759. The van der Waals surface area contributed by atoms with Gasteiger partial charge in [-0.1, -0.05) is 30.3 Å². The standard InChI is InChI=1S/C14H19NO3/c1-14(12-6-4-3-5-7-12)11-18-9-8-15(14)10-13(16)17-2/h3-7H,8-11H2,1-2H3/t14-/m1/s1. The van der Waals surface area contributed by atoms with Crippen LogP contribution in [0.1, 0.15) is 12.5 Å². The number of rotatable bonds is 3. The van der Waals surface area contributed by atoms with Gasteiger partial charge in [0.2, 0.25) is 0 Å². The van der Waals surface area contributed by atoms with Gasteiger partial charge in [0.25, 0.3) is 0 Å². The van der Waals surface area contributed by atoms with Crippen molar-refractivity contribution in [3.8, 4) is 0 Å². The van der Waals surface area contributed by atoms with Gasteiger partial charge in [0, 0.05) is 6.54 Å². The van der Waals surface area contributed by atoms with E-state index in [0.29, 0.717) is 19.8 Å². The van der Waals surface area contributed by atoms with Crippen LogP contribution in [0.2, 0.25) is 0 Å². The topological polar surface area (TPSA) is 38.8 Å². The number of benzene rings is 1. The molecule has 1 aliphatic rings. The number of esters is 1. The maximum Gasteiger partial charge on any atom is 0.319 e. The summed E-state index contributed by atoms with van der Waals surface area (Å²) in [6.07, 6.45) is 0. The number of ether oxygens (including phenoxy) is 2. The predicted octanol–water partition coefficient (Wildman–Crippen LogP) is 1.41. The molecule has 0 aliphatic carbocycles.